The van der Waals surface area contributed by atoms with Gasteiger partial charge in [-0.2, -0.15) is 5.10 Å². The van der Waals surface area contributed by atoms with Crippen LogP contribution in [-0.2, 0) is 6.42 Å². The Hall–Kier alpha value is -4.69. The summed E-state index contributed by atoms with van der Waals surface area (Å²) in [6.45, 7) is 9.22. The highest BCUT2D eigenvalue weighted by Gasteiger charge is 2.20. The third-order valence-electron chi connectivity index (χ3n) is 7.85. The first-order valence-electron chi connectivity index (χ1n) is 14.4. The van der Waals surface area contributed by atoms with E-state index in [0.29, 0.717) is 6.42 Å². The van der Waals surface area contributed by atoms with Gasteiger partial charge in [0, 0.05) is 47.1 Å². The Labute approximate surface area is 245 Å². The van der Waals surface area contributed by atoms with Crippen LogP contribution in [-0.4, -0.2) is 44.7 Å². The highest BCUT2D eigenvalue weighted by Crippen LogP contribution is 2.35. The number of aromatic nitrogens is 4. The summed E-state index contributed by atoms with van der Waals surface area (Å²) in [5.74, 6) is -0.278. The number of likely N-dealkylation sites (tertiary alicyclic amines) is 1. The number of pyridine rings is 1. The van der Waals surface area contributed by atoms with Gasteiger partial charge < -0.3 is 16.0 Å². The van der Waals surface area contributed by atoms with Crippen molar-refractivity contribution in [2.45, 2.75) is 32.6 Å². The average Bonchev–Trinajstić information content (AvgIpc) is 3.56. The van der Waals surface area contributed by atoms with Crippen LogP contribution in [0.25, 0.3) is 33.4 Å². The highest BCUT2D eigenvalue weighted by molar-refractivity contribution is 5.95. The van der Waals surface area contributed by atoms with Crippen molar-refractivity contribution in [2.24, 2.45) is 5.73 Å². The van der Waals surface area contributed by atoms with Crippen LogP contribution < -0.4 is 11.1 Å². The van der Waals surface area contributed by atoms with E-state index in [0.717, 1.165) is 81.3 Å². The molecule has 6 rings (SSSR count). The van der Waals surface area contributed by atoms with Gasteiger partial charge in [0.25, 0.3) is 0 Å². The number of fused-ring (bicyclic) bond motifs is 2. The van der Waals surface area contributed by atoms with Crippen molar-refractivity contribution >= 4 is 22.0 Å². The summed E-state index contributed by atoms with van der Waals surface area (Å²) in [5.41, 5.74) is 16.2. The summed E-state index contributed by atoms with van der Waals surface area (Å²) in [6.07, 6.45) is 15.9. The number of allylic oxidation sites excluding steroid dienone is 5. The number of halogens is 1. The fourth-order valence-corrected chi connectivity index (χ4v) is 5.86. The third-order valence-corrected chi connectivity index (χ3v) is 7.85. The van der Waals surface area contributed by atoms with E-state index in [4.69, 9.17) is 10.7 Å². The average molecular weight is 562 g/mol. The molecule has 0 spiro atoms. The second kappa shape index (κ2) is 12.0. The number of aromatic amines is 2. The van der Waals surface area contributed by atoms with E-state index >= 15 is 0 Å². The van der Waals surface area contributed by atoms with Crippen molar-refractivity contribution in [3.63, 3.8) is 0 Å². The van der Waals surface area contributed by atoms with Crippen LogP contribution in [0.4, 0.5) is 4.39 Å². The number of nitrogens with two attached hydrogens (primary N) is 1. The van der Waals surface area contributed by atoms with Gasteiger partial charge in [-0.1, -0.05) is 42.9 Å². The van der Waals surface area contributed by atoms with Gasteiger partial charge in [-0.25, -0.2) is 4.39 Å². The molecule has 1 aromatic carbocycles. The predicted octanol–water partition coefficient (Wildman–Crippen LogP) is 6.43. The Morgan fingerprint density at radius 3 is 2.83 bits per heavy atom. The summed E-state index contributed by atoms with van der Waals surface area (Å²) in [5, 5.41) is 11.9. The molecule has 0 atom stereocenters. The molecule has 5 N–H and O–H groups in total. The number of nitrogens with one attached hydrogen (secondary N) is 3. The van der Waals surface area contributed by atoms with Gasteiger partial charge in [0.15, 0.2) is 0 Å². The fraction of sp³-hybridized carbons (Fsp3) is 0.235. The standard InChI is InChI=1S/C34H36FN7/c1-3-37-19-24(14-22(2)21-42-12-5-4-6-13-42)30-18-29-33(20-38-30)40-41-34(29)32-17-28-27(23-8-7-9-25(35)15-23)11-10-26(36)16-31(28)39-32/h3,7-11,14-15,17-20,37,39H,1,4-6,12-13,16,21,36H2,2H3,(H,40,41)/b22-14+,24-19+. The van der Waals surface area contributed by atoms with E-state index < -0.39 is 0 Å². The Bertz CT molecular complexity index is 1740. The van der Waals surface area contributed by atoms with E-state index in [1.165, 1.54) is 30.9 Å². The summed E-state index contributed by atoms with van der Waals surface area (Å²) in [4.78, 5) is 10.8. The SMILES string of the molecule is C=CN/C=C(\C=C(/C)CN1CCCCC1)c1cc2c(-c3cc4c([nH]3)CC(N)=CC=C4c3cccc(F)c3)n[nH]c2cn1. The first-order valence-corrected chi connectivity index (χ1v) is 14.4. The molecule has 1 aliphatic heterocycles. The van der Waals surface area contributed by atoms with E-state index in [-0.39, 0.29) is 5.82 Å². The molecule has 4 heterocycles. The normalized spacial score (nSPS) is 16.5. The van der Waals surface area contributed by atoms with Crippen LogP contribution in [0.1, 0.15) is 48.7 Å². The Balaban J connectivity index is 1.37. The molecule has 1 fully saturated rings. The number of hydrogen-bond donors (Lipinski definition) is 4. The molecule has 1 aliphatic carbocycles. The van der Waals surface area contributed by atoms with Gasteiger partial charge in [-0.15, -0.1) is 0 Å². The quantitative estimate of drug-likeness (QED) is 0.186. The molecule has 1 saturated heterocycles. The number of rotatable bonds is 8. The summed E-state index contributed by atoms with van der Waals surface area (Å²) >= 11 is 0. The molecule has 0 unspecified atom stereocenters. The minimum atomic E-state index is -0.278. The van der Waals surface area contributed by atoms with Crippen molar-refractivity contribution in [2.75, 3.05) is 19.6 Å². The van der Waals surface area contributed by atoms with Crippen molar-refractivity contribution in [3.8, 4) is 11.4 Å². The molecular weight excluding hydrogens is 525 g/mol. The van der Waals surface area contributed by atoms with Crippen molar-refractivity contribution in [3.05, 3.63) is 119 Å². The summed E-state index contributed by atoms with van der Waals surface area (Å²) in [6, 6.07) is 10.8. The molecule has 4 aromatic rings. The Kier molecular flexibility index (Phi) is 7.88. The molecule has 0 saturated carbocycles. The molecule has 42 heavy (non-hydrogen) atoms. The molecule has 214 valence electrons. The second-order valence-corrected chi connectivity index (χ2v) is 11.1. The van der Waals surface area contributed by atoms with Crippen LogP contribution in [0.2, 0.25) is 0 Å². The summed E-state index contributed by atoms with van der Waals surface area (Å²) in [7, 11) is 0. The first-order chi connectivity index (χ1) is 20.5. The fourth-order valence-electron chi connectivity index (χ4n) is 5.86. The van der Waals surface area contributed by atoms with Crippen molar-refractivity contribution in [1.82, 2.24) is 30.4 Å². The number of nitrogens with zero attached hydrogens (tertiary/aromatic N) is 3. The molecule has 7 nitrogen and oxygen atoms in total. The maximum Gasteiger partial charge on any atom is 0.123 e. The molecule has 3 aromatic heterocycles. The second-order valence-electron chi connectivity index (χ2n) is 11.1. The monoisotopic (exact) mass is 561 g/mol. The van der Waals surface area contributed by atoms with Gasteiger partial charge in [0.05, 0.1) is 23.1 Å². The smallest absolute Gasteiger partial charge is 0.123 e. The zero-order chi connectivity index (χ0) is 29.1. The number of hydrogen-bond acceptors (Lipinski definition) is 5. The molecular formula is C34H36FN7. The summed E-state index contributed by atoms with van der Waals surface area (Å²) < 4.78 is 14.1. The van der Waals surface area contributed by atoms with Gasteiger partial charge in [-0.3, -0.25) is 15.0 Å². The predicted molar refractivity (Wildman–Crippen MR) is 168 cm³/mol. The maximum atomic E-state index is 14.1. The van der Waals surface area contributed by atoms with Crippen molar-refractivity contribution in [1.29, 1.82) is 0 Å². The lowest BCUT2D eigenvalue weighted by molar-refractivity contribution is 0.246. The number of piperidine rings is 1. The lowest BCUT2D eigenvalue weighted by atomic mass is 9.97. The minimum absolute atomic E-state index is 0.278. The zero-order valence-corrected chi connectivity index (χ0v) is 23.9. The van der Waals surface area contributed by atoms with E-state index in [2.05, 4.69) is 57.1 Å². The minimum Gasteiger partial charge on any atom is -0.402 e. The molecule has 8 heteroatoms. The maximum absolute atomic E-state index is 14.1. The molecule has 0 amide bonds. The number of benzene rings is 1. The van der Waals surface area contributed by atoms with Gasteiger partial charge >= 0.3 is 0 Å². The number of H-pyrrole nitrogens is 2. The van der Waals surface area contributed by atoms with E-state index in [9.17, 15) is 4.39 Å². The molecule has 2 aliphatic rings. The Morgan fingerprint density at radius 2 is 2.02 bits per heavy atom. The van der Waals surface area contributed by atoms with Crippen LogP contribution >= 0.6 is 0 Å². The molecule has 0 radical (unpaired) electrons. The first kappa shape index (κ1) is 27.5. The van der Waals surface area contributed by atoms with Crippen LogP contribution in [0.5, 0.6) is 0 Å². The van der Waals surface area contributed by atoms with Crippen LogP contribution in [0, 0.1) is 5.82 Å². The molecule has 0 bridgehead atoms. The highest BCUT2D eigenvalue weighted by atomic mass is 19.1. The van der Waals surface area contributed by atoms with E-state index in [1.807, 2.05) is 30.6 Å². The van der Waals surface area contributed by atoms with E-state index in [1.54, 1.807) is 18.3 Å². The van der Waals surface area contributed by atoms with Crippen molar-refractivity contribution < 1.29 is 4.39 Å². The lowest BCUT2D eigenvalue weighted by Crippen LogP contribution is -2.31. The largest absolute Gasteiger partial charge is 0.402 e. The van der Waals surface area contributed by atoms with Gasteiger partial charge in [0.2, 0.25) is 0 Å². The Morgan fingerprint density at radius 1 is 1.17 bits per heavy atom. The third kappa shape index (κ3) is 5.85. The zero-order valence-electron chi connectivity index (χ0n) is 23.9. The topological polar surface area (TPSA) is 98.6 Å². The lowest BCUT2D eigenvalue weighted by Gasteiger charge is -2.26. The van der Waals surface area contributed by atoms with Crippen LogP contribution in [0.3, 0.4) is 0 Å². The van der Waals surface area contributed by atoms with Gasteiger partial charge in [0.1, 0.15) is 11.5 Å². The van der Waals surface area contributed by atoms with Gasteiger partial charge in [-0.05, 0) is 80.5 Å². The van der Waals surface area contributed by atoms with Crippen LogP contribution in [0.15, 0.2) is 91.1 Å².